The molecular weight excluding hydrogens is 171 g/mol. The lowest BCUT2D eigenvalue weighted by atomic mass is 10.8. The van der Waals surface area contributed by atoms with Crippen LogP contribution >= 0.6 is 11.6 Å². The van der Waals surface area contributed by atoms with Crippen molar-refractivity contribution in [2.45, 2.75) is 11.9 Å². The van der Waals surface area contributed by atoms with E-state index < -0.39 is 11.9 Å². The van der Waals surface area contributed by atoms with Gasteiger partial charge in [0, 0.05) is 0 Å². The highest BCUT2D eigenvalue weighted by molar-refractivity contribution is 6.21. The maximum Gasteiger partial charge on any atom is 0.488 e. The molecule has 10 heavy (non-hydrogen) atoms. The monoisotopic (exact) mass is 173 g/mol. The van der Waals surface area contributed by atoms with E-state index >= 15 is 0 Å². The van der Waals surface area contributed by atoms with Crippen LogP contribution in [0.5, 0.6) is 0 Å². The van der Waals surface area contributed by atoms with E-state index in [0.717, 1.165) is 0 Å². The van der Waals surface area contributed by atoms with Crippen LogP contribution in [0.2, 0.25) is 0 Å². The van der Waals surface area contributed by atoms with Crippen LogP contribution in [0.4, 0.5) is 13.2 Å². The van der Waals surface area contributed by atoms with Gasteiger partial charge in [0.15, 0.2) is 5.62 Å². The number of halogens is 4. The van der Waals surface area contributed by atoms with E-state index in [4.69, 9.17) is 11.6 Å². The van der Waals surface area contributed by atoms with Crippen molar-refractivity contribution in [3.05, 3.63) is 0 Å². The molecule has 58 valence electrons. The van der Waals surface area contributed by atoms with Crippen molar-refractivity contribution in [3.63, 3.8) is 0 Å². The summed E-state index contributed by atoms with van der Waals surface area (Å²) in [6.07, 6.45) is -3.86. The molecule has 0 spiro atoms. The van der Waals surface area contributed by atoms with Gasteiger partial charge in [0.1, 0.15) is 6.34 Å². The van der Waals surface area contributed by atoms with Gasteiger partial charge in [0.2, 0.25) is 0 Å². The van der Waals surface area contributed by atoms with E-state index in [-0.39, 0.29) is 4.90 Å². The zero-order chi connectivity index (χ0) is 7.78. The topological polar surface area (TPSA) is 27.6 Å². The average molecular weight is 174 g/mol. The molecule has 0 saturated heterocycles. The number of nitrogens with zero attached hydrogens (tertiary/aromatic N) is 2. The van der Waals surface area contributed by atoms with Crippen LogP contribution < -0.4 is 5.43 Å². The van der Waals surface area contributed by atoms with Crippen molar-refractivity contribution < 1.29 is 13.2 Å². The number of hydrogen-bond acceptors (Lipinski definition) is 3. The molecule has 0 aliphatic carbocycles. The first-order valence-electron chi connectivity index (χ1n) is 2.30. The molecule has 1 aliphatic rings. The third kappa shape index (κ3) is 1.26. The van der Waals surface area contributed by atoms with Crippen molar-refractivity contribution in [3.8, 4) is 0 Å². The third-order valence-electron chi connectivity index (χ3n) is 0.900. The Hall–Kier alpha value is -0.650. The fourth-order valence-corrected chi connectivity index (χ4v) is 0.689. The van der Waals surface area contributed by atoms with Gasteiger partial charge in [0.25, 0.3) is 0 Å². The summed E-state index contributed by atoms with van der Waals surface area (Å²) in [6, 6.07) is 0. The summed E-state index contributed by atoms with van der Waals surface area (Å²) >= 11 is 5.13. The quantitative estimate of drug-likeness (QED) is 0.435. The lowest BCUT2D eigenvalue weighted by Gasteiger charge is -2.20. The zero-order valence-corrected chi connectivity index (χ0v) is 5.32. The number of hydrazone groups is 1. The van der Waals surface area contributed by atoms with E-state index in [1.807, 2.05) is 5.43 Å². The predicted molar refractivity (Wildman–Crippen MR) is 29.2 cm³/mol. The van der Waals surface area contributed by atoms with Gasteiger partial charge in [-0.2, -0.15) is 5.10 Å². The molecule has 0 fully saturated rings. The van der Waals surface area contributed by atoms with Crippen LogP contribution in [0.25, 0.3) is 0 Å². The minimum absolute atomic E-state index is 0.0471. The van der Waals surface area contributed by atoms with Crippen molar-refractivity contribution in [1.29, 1.82) is 0 Å². The molecule has 0 aromatic rings. The Balaban J connectivity index is 2.64. The van der Waals surface area contributed by atoms with E-state index in [2.05, 4.69) is 5.10 Å². The average Bonchev–Trinajstić information content (AvgIpc) is 2.11. The minimum Gasteiger partial charge on any atom is -0.272 e. The second-order valence-corrected chi connectivity index (χ2v) is 2.00. The highest BCUT2D eigenvalue weighted by Gasteiger charge is 2.41. The lowest BCUT2D eigenvalue weighted by molar-refractivity contribution is -0.218. The Morgan fingerprint density at radius 1 is 1.60 bits per heavy atom. The van der Waals surface area contributed by atoms with Crippen LogP contribution in [-0.2, 0) is 0 Å². The first kappa shape index (κ1) is 7.46. The van der Waals surface area contributed by atoms with Gasteiger partial charge in [-0.25, -0.2) is 4.90 Å². The molecule has 0 aromatic heterocycles. The molecule has 1 aliphatic heterocycles. The summed E-state index contributed by atoms with van der Waals surface area (Å²) in [5.41, 5.74) is 0.697. The molecule has 1 heterocycles. The first-order valence-corrected chi connectivity index (χ1v) is 2.73. The number of rotatable bonds is 0. The van der Waals surface area contributed by atoms with Crippen molar-refractivity contribution >= 4 is 17.9 Å². The number of alkyl halides is 4. The minimum atomic E-state index is -4.46. The molecule has 7 heteroatoms. The fourth-order valence-electron chi connectivity index (χ4n) is 0.472. The van der Waals surface area contributed by atoms with Crippen LogP contribution in [-0.4, -0.2) is 23.2 Å². The molecular formula is C3H3ClF3N3. The summed E-state index contributed by atoms with van der Waals surface area (Å²) in [5.74, 6) is 0. The number of nitrogens with one attached hydrogen (secondary N) is 1. The lowest BCUT2D eigenvalue weighted by Crippen LogP contribution is -2.42. The summed E-state index contributed by atoms with van der Waals surface area (Å²) in [6.45, 7) is 0. The maximum atomic E-state index is 11.7. The van der Waals surface area contributed by atoms with Gasteiger partial charge < -0.3 is 0 Å². The first-order chi connectivity index (χ1) is 4.52. The normalized spacial score (nSPS) is 25.2. The van der Waals surface area contributed by atoms with Crippen LogP contribution in [0, 0.1) is 0 Å². The SMILES string of the molecule is FC(F)(F)N1C=NNC1Cl. The van der Waals surface area contributed by atoms with Crippen LogP contribution in [0.1, 0.15) is 0 Å². The Morgan fingerprint density at radius 2 is 2.20 bits per heavy atom. The van der Waals surface area contributed by atoms with Gasteiger partial charge in [-0.15, -0.1) is 13.2 Å². The summed E-state index contributed by atoms with van der Waals surface area (Å²) < 4.78 is 35.2. The van der Waals surface area contributed by atoms with Gasteiger partial charge >= 0.3 is 6.30 Å². The molecule has 0 aromatic carbocycles. The van der Waals surface area contributed by atoms with Crippen molar-refractivity contribution in [2.24, 2.45) is 5.10 Å². The van der Waals surface area contributed by atoms with E-state index in [9.17, 15) is 13.2 Å². The molecule has 1 rings (SSSR count). The molecule has 0 bridgehead atoms. The van der Waals surface area contributed by atoms with Gasteiger partial charge in [-0.1, -0.05) is 11.6 Å². The predicted octanol–water partition coefficient (Wildman–Crippen LogP) is 0.877. The molecule has 0 amide bonds. The Kier molecular flexibility index (Phi) is 1.63. The summed E-state index contributed by atoms with van der Waals surface area (Å²) in [5, 5.41) is 3.11. The van der Waals surface area contributed by atoms with Crippen LogP contribution in [0.3, 0.4) is 0 Å². The molecule has 1 unspecified atom stereocenters. The van der Waals surface area contributed by atoms with Crippen LogP contribution in [0.15, 0.2) is 5.10 Å². The molecule has 1 N–H and O–H groups in total. The highest BCUT2D eigenvalue weighted by atomic mass is 35.5. The summed E-state index contributed by atoms with van der Waals surface area (Å²) in [7, 11) is 0. The van der Waals surface area contributed by atoms with E-state index in [1.165, 1.54) is 0 Å². The highest BCUT2D eigenvalue weighted by Crippen LogP contribution is 2.24. The Labute approximate surface area is 59.4 Å². The molecule has 1 atom stereocenters. The van der Waals surface area contributed by atoms with Gasteiger partial charge in [-0.05, 0) is 0 Å². The second kappa shape index (κ2) is 2.19. The smallest absolute Gasteiger partial charge is 0.272 e. The van der Waals surface area contributed by atoms with Gasteiger partial charge in [0.05, 0.1) is 0 Å². The Morgan fingerprint density at radius 3 is 2.40 bits per heavy atom. The third-order valence-corrected chi connectivity index (χ3v) is 1.21. The number of hydrogen-bond donors (Lipinski definition) is 1. The fraction of sp³-hybridized carbons (Fsp3) is 0.667. The van der Waals surface area contributed by atoms with E-state index in [0.29, 0.717) is 6.34 Å². The summed E-state index contributed by atoms with van der Waals surface area (Å²) in [4.78, 5) is -0.0471. The molecule has 0 radical (unpaired) electrons. The van der Waals surface area contributed by atoms with Crippen molar-refractivity contribution in [1.82, 2.24) is 10.3 Å². The second-order valence-electron chi connectivity index (χ2n) is 1.58. The Bertz CT molecular complexity index is 156. The van der Waals surface area contributed by atoms with E-state index in [1.54, 1.807) is 0 Å². The van der Waals surface area contributed by atoms with Crippen molar-refractivity contribution in [2.75, 3.05) is 0 Å². The standard InChI is InChI=1S/C3H3ClF3N3/c4-2-9-8-1-10(2)3(5,6)7/h1-2,9H. The maximum absolute atomic E-state index is 11.7. The zero-order valence-electron chi connectivity index (χ0n) is 4.56. The largest absolute Gasteiger partial charge is 0.488 e. The van der Waals surface area contributed by atoms with Gasteiger partial charge in [-0.3, -0.25) is 5.43 Å². The molecule has 3 nitrogen and oxygen atoms in total. The molecule has 0 saturated carbocycles.